The number of halogens is 3. The lowest BCUT2D eigenvalue weighted by atomic mass is 9.83. The molecule has 2 unspecified atom stereocenters. The molecule has 4 aliphatic carbocycles. The zero-order chi connectivity index (χ0) is 47.1. The molecule has 3 heterocycles. The second-order valence-electron chi connectivity index (χ2n) is 18.6. The molecule has 0 bridgehead atoms. The topological polar surface area (TPSA) is 65.1 Å². The predicted molar refractivity (Wildman–Crippen MR) is 272 cm³/mol. The highest BCUT2D eigenvalue weighted by atomic mass is 19.2. The lowest BCUT2D eigenvalue weighted by Gasteiger charge is -2.22. The smallest absolute Gasteiger partial charge is 0.159 e. The van der Waals surface area contributed by atoms with E-state index in [2.05, 4.69) is 86.3 Å². The maximum absolute atomic E-state index is 18.4. The summed E-state index contributed by atoms with van der Waals surface area (Å²) in [7, 11) is 0. The number of nitrogens with zero attached hydrogens (tertiary/aromatic N) is 3. The molecule has 332 valence electrons. The molecule has 13 rings (SSSR count). The number of aryl methyl sites for hydroxylation is 2. The van der Waals surface area contributed by atoms with Gasteiger partial charge in [-0.1, -0.05) is 88.0 Å². The Bertz CT molecular complexity index is 3950. The van der Waals surface area contributed by atoms with Gasteiger partial charge in [0.05, 0.1) is 39.8 Å². The summed E-state index contributed by atoms with van der Waals surface area (Å²) in [6, 6.07) is 31.1. The van der Waals surface area contributed by atoms with Crippen molar-refractivity contribution in [3.05, 3.63) is 159 Å². The zero-order valence-corrected chi connectivity index (χ0v) is 38.6. The fourth-order valence-electron chi connectivity index (χ4n) is 12.6. The van der Waals surface area contributed by atoms with E-state index in [1.165, 1.54) is 0 Å². The molecule has 4 aliphatic rings. The highest BCUT2D eigenvalue weighted by Crippen LogP contribution is 2.62. The number of alkyl halides is 2. The fourth-order valence-corrected chi connectivity index (χ4v) is 12.6. The van der Waals surface area contributed by atoms with Gasteiger partial charge in [-0.05, 0) is 144 Å². The van der Waals surface area contributed by atoms with E-state index < -0.39 is 17.2 Å². The van der Waals surface area contributed by atoms with Crippen LogP contribution >= 0.6 is 0 Å². The molecule has 2 atom stereocenters. The van der Waals surface area contributed by atoms with Gasteiger partial charge in [0.15, 0.2) is 11.3 Å². The minimum atomic E-state index is -2.21. The van der Waals surface area contributed by atoms with Gasteiger partial charge in [-0.25, -0.2) is 13.2 Å². The van der Waals surface area contributed by atoms with E-state index in [1.807, 2.05) is 55.5 Å². The molecular weight excluding hydrogens is 848 g/mol. The summed E-state index contributed by atoms with van der Waals surface area (Å²) >= 11 is 0. The summed E-state index contributed by atoms with van der Waals surface area (Å²) in [5.74, 6) is 0.188. The molecule has 3 aromatic heterocycles. The number of nitriles is 2. The van der Waals surface area contributed by atoms with Crippen LogP contribution in [0, 0.1) is 29.6 Å². The standard InChI is InChI=1S/C59H40F3N3O.C2H6/c1-5-32-22-33(17-19-38(32)37-13-8-7-12-30(37)3)41-26-42(34-18-20-40-39-14-9-10-16-47(39)66-48(40)25-34)50-53-45(24-36(29-64)55-52(53)44(60)27-58(55,61)6-2)65-46-23-35(28-63)49-31(4)43-15-11-21-59(43,62)56(49)54(46)51(41)57(50)65;1-2/h5,7-9,12-14,17-20,22-27H,1,6,10-11,15-16,21H2,2-4H3;1-2H3. The summed E-state index contributed by atoms with van der Waals surface area (Å²) in [6.45, 7) is 13.9. The Kier molecular flexibility index (Phi) is 9.03. The van der Waals surface area contributed by atoms with Gasteiger partial charge >= 0.3 is 0 Å². The maximum atomic E-state index is 18.4. The van der Waals surface area contributed by atoms with Gasteiger partial charge in [0.1, 0.15) is 17.2 Å². The monoisotopic (exact) mass is 893 g/mol. The van der Waals surface area contributed by atoms with E-state index in [1.54, 1.807) is 13.0 Å². The molecule has 0 radical (unpaired) electrons. The number of rotatable bonds is 5. The van der Waals surface area contributed by atoms with E-state index in [0.29, 0.717) is 67.8 Å². The van der Waals surface area contributed by atoms with Gasteiger partial charge < -0.3 is 8.82 Å². The molecule has 1 fully saturated rings. The van der Waals surface area contributed by atoms with Crippen molar-refractivity contribution in [2.45, 2.75) is 84.5 Å². The van der Waals surface area contributed by atoms with E-state index in [-0.39, 0.29) is 29.5 Å². The molecule has 9 aromatic rings. The number of aromatic nitrogens is 1. The third-order valence-electron chi connectivity index (χ3n) is 15.5. The van der Waals surface area contributed by atoms with Gasteiger partial charge in [-0.3, -0.25) is 0 Å². The largest absolute Gasteiger partial charge is 0.460 e. The first-order valence-electron chi connectivity index (χ1n) is 23.8. The summed E-state index contributed by atoms with van der Waals surface area (Å²) in [5.41, 5.74) is 9.92. The fraction of sp³-hybridized carbons (Fsp3) is 0.213. The molecule has 4 nitrogen and oxygen atoms in total. The second-order valence-corrected chi connectivity index (χ2v) is 18.6. The van der Waals surface area contributed by atoms with Crippen molar-refractivity contribution < 1.29 is 17.6 Å². The number of fused-ring (bicyclic) bond motifs is 15. The Morgan fingerprint density at radius 2 is 1.51 bits per heavy atom. The lowest BCUT2D eigenvalue weighted by molar-refractivity contribution is 0.230. The summed E-state index contributed by atoms with van der Waals surface area (Å²) < 4.78 is 61.1. The van der Waals surface area contributed by atoms with Crippen molar-refractivity contribution in [3.8, 4) is 45.5 Å². The van der Waals surface area contributed by atoms with Crippen LogP contribution in [0.3, 0.4) is 0 Å². The third kappa shape index (κ3) is 5.25. The van der Waals surface area contributed by atoms with Gasteiger partial charge in [-0.2, -0.15) is 10.5 Å². The van der Waals surface area contributed by atoms with Crippen molar-refractivity contribution in [2.24, 2.45) is 0 Å². The molecule has 0 amide bonds. The van der Waals surface area contributed by atoms with Crippen molar-refractivity contribution in [2.75, 3.05) is 0 Å². The molecule has 68 heavy (non-hydrogen) atoms. The first kappa shape index (κ1) is 41.8. The SMILES string of the molecule is C=Cc1cc(-c2cc(-c3ccc4c5c(oc4c3)CCC=C5)c3c4c5c(c(C#N)cc4n4c6cc(C#N)c7c(c6c2c34)C2(F)CCCC2=C7C)C(F)(CC)C=C5F)ccc1-c1ccccc1C.CC. The maximum Gasteiger partial charge on any atom is 0.159 e. The number of furan rings is 1. The van der Waals surface area contributed by atoms with Crippen molar-refractivity contribution in [3.63, 3.8) is 0 Å². The minimum Gasteiger partial charge on any atom is -0.460 e. The Morgan fingerprint density at radius 1 is 0.794 bits per heavy atom. The molecule has 6 aromatic carbocycles. The van der Waals surface area contributed by atoms with Crippen molar-refractivity contribution in [1.29, 1.82) is 10.5 Å². The average Bonchev–Trinajstić information content (AvgIpc) is 4.20. The van der Waals surface area contributed by atoms with Gasteiger partial charge in [0, 0.05) is 61.2 Å². The van der Waals surface area contributed by atoms with Crippen LogP contribution in [0.15, 0.2) is 108 Å². The van der Waals surface area contributed by atoms with E-state index in [0.717, 1.165) is 96.7 Å². The van der Waals surface area contributed by atoms with Crippen LogP contribution in [0.1, 0.15) is 116 Å². The van der Waals surface area contributed by atoms with Crippen molar-refractivity contribution >= 4 is 72.6 Å². The van der Waals surface area contributed by atoms with Gasteiger partial charge in [0.25, 0.3) is 0 Å². The third-order valence-corrected chi connectivity index (χ3v) is 15.5. The lowest BCUT2D eigenvalue weighted by Crippen LogP contribution is -2.16. The highest BCUT2D eigenvalue weighted by molar-refractivity contribution is 6.33. The minimum absolute atomic E-state index is 0.0158. The van der Waals surface area contributed by atoms with Gasteiger partial charge in [-0.15, -0.1) is 0 Å². The Morgan fingerprint density at radius 3 is 2.26 bits per heavy atom. The quantitative estimate of drug-likeness (QED) is 0.173. The normalized spacial score (nSPS) is 19.1. The Labute approximate surface area is 392 Å². The second kappa shape index (κ2) is 14.7. The molecule has 0 N–H and O–H groups in total. The van der Waals surface area contributed by atoms with Crippen LogP contribution in [0.2, 0.25) is 0 Å². The summed E-state index contributed by atoms with van der Waals surface area (Å²) in [5, 5.41) is 25.2. The van der Waals surface area contributed by atoms with E-state index in [4.69, 9.17) is 4.42 Å². The van der Waals surface area contributed by atoms with E-state index in [9.17, 15) is 10.5 Å². The molecule has 0 aliphatic heterocycles. The van der Waals surface area contributed by atoms with Crippen molar-refractivity contribution in [1.82, 2.24) is 4.40 Å². The Balaban J connectivity index is 0.00000237. The Hall–Kier alpha value is -7.61. The number of benzene rings is 6. The molecule has 1 saturated carbocycles. The number of allylic oxidation sites excluding steroid dienone is 4. The van der Waals surface area contributed by atoms with Crippen LogP contribution in [0.4, 0.5) is 13.2 Å². The highest BCUT2D eigenvalue weighted by Gasteiger charge is 2.51. The number of hydrogen-bond donors (Lipinski definition) is 0. The van der Waals surface area contributed by atoms with E-state index >= 15 is 13.2 Å². The van der Waals surface area contributed by atoms with Crippen LogP contribution in [-0.2, 0) is 17.8 Å². The van der Waals surface area contributed by atoms with Crippen LogP contribution in [0.5, 0.6) is 0 Å². The molecule has 0 spiro atoms. The molecule has 0 saturated heterocycles. The van der Waals surface area contributed by atoms with Crippen LogP contribution in [-0.4, -0.2) is 4.40 Å². The number of hydrogen-bond acceptors (Lipinski definition) is 3. The van der Waals surface area contributed by atoms with Gasteiger partial charge in [0.2, 0.25) is 0 Å². The summed E-state index contributed by atoms with van der Waals surface area (Å²) in [6.07, 6.45) is 10.3. The first-order valence-corrected chi connectivity index (χ1v) is 23.8. The van der Waals surface area contributed by atoms with Crippen LogP contribution in [0.25, 0.3) is 106 Å². The zero-order valence-electron chi connectivity index (χ0n) is 38.6. The first-order chi connectivity index (χ1) is 33.0. The molecular formula is C61H46F3N3O. The van der Waals surface area contributed by atoms with Crippen LogP contribution < -0.4 is 0 Å². The molecule has 7 heteroatoms. The predicted octanol–water partition coefficient (Wildman–Crippen LogP) is 17.3. The average molecular weight is 894 g/mol. The summed E-state index contributed by atoms with van der Waals surface area (Å²) in [4.78, 5) is 0.